The number of amides is 1. The van der Waals surface area contributed by atoms with Gasteiger partial charge in [0.1, 0.15) is 5.69 Å². The number of alkyl halides is 2. The second-order valence-electron chi connectivity index (χ2n) is 7.97. The van der Waals surface area contributed by atoms with E-state index in [0.717, 1.165) is 18.4 Å². The number of carbonyl (C=O) groups is 1. The van der Waals surface area contributed by atoms with Crippen LogP contribution in [0.25, 0.3) is 0 Å². The van der Waals surface area contributed by atoms with E-state index in [1.807, 2.05) is 18.2 Å². The quantitative estimate of drug-likeness (QED) is 0.789. The number of benzene rings is 1. The molecule has 1 amide bonds. The van der Waals surface area contributed by atoms with Gasteiger partial charge in [-0.1, -0.05) is 45.0 Å². The molecular weight excluding hydrogens is 336 g/mol. The van der Waals surface area contributed by atoms with Gasteiger partial charge in [-0.3, -0.25) is 9.48 Å². The summed E-state index contributed by atoms with van der Waals surface area (Å²) in [5, 5.41) is 3.78. The molecule has 1 saturated carbocycles. The Balaban J connectivity index is 1.94. The van der Waals surface area contributed by atoms with Crippen LogP contribution < -0.4 is 0 Å². The minimum absolute atomic E-state index is 0.00244. The lowest BCUT2D eigenvalue weighted by molar-refractivity contribution is 0.0716. The molecule has 0 spiro atoms. The average molecular weight is 361 g/mol. The molecule has 0 radical (unpaired) electrons. The highest BCUT2D eigenvalue weighted by molar-refractivity contribution is 5.95. The van der Waals surface area contributed by atoms with Crippen LogP contribution in [0.5, 0.6) is 0 Å². The molecule has 1 aliphatic carbocycles. The SMILES string of the molecule is Cn1cc(C(=O)N(Cc2ccccc2C(C)(C)C)C2CC2)c(C(F)F)n1. The highest BCUT2D eigenvalue weighted by Gasteiger charge is 2.36. The van der Waals surface area contributed by atoms with Crippen molar-refractivity contribution >= 4 is 5.91 Å². The fourth-order valence-corrected chi connectivity index (χ4v) is 3.31. The summed E-state index contributed by atoms with van der Waals surface area (Å²) >= 11 is 0. The minimum atomic E-state index is -2.77. The van der Waals surface area contributed by atoms with Gasteiger partial charge < -0.3 is 4.90 Å². The number of halogens is 2. The van der Waals surface area contributed by atoms with E-state index in [9.17, 15) is 13.6 Å². The summed E-state index contributed by atoms with van der Waals surface area (Å²) in [5.41, 5.74) is 1.73. The zero-order chi connectivity index (χ0) is 19.1. The molecule has 6 heteroatoms. The van der Waals surface area contributed by atoms with Crippen molar-refractivity contribution in [3.05, 3.63) is 52.8 Å². The summed E-state index contributed by atoms with van der Waals surface area (Å²) < 4.78 is 27.8. The van der Waals surface area contributed by atoms with E-state index in [2.05, 4.69) is 31.9 Å². The highest BCUT2D eigenvalue weighted by Crippen LogP contribution is 2.34. The standard InChI is InChI=1S/C20H25F2N3O/c1-20(2,3)16-8-6-5-7-13(16)11-25(14-9-10-14)19(26)15-12-24(4)23-17(15)18(21)22/h5-8,12,14,18H,9-11H2,1-4H3. The van der Waals surface area contributed by atoms with Crippen LogP contribution in [-0.2, 0) is 19.0 Å². The Morgan fingerprint density at radius 1 is 1.31 bits per heavy atom. The van der Waals surface area contributed by atoms with E-state index in [0.29, 0.717) is 6.54 Å². The summed E-state index contributed by atoms with van der Waals surface area (Å²) in [7, 11) is 1.55. The summed E-state index contributed by atoms with van der Waals surface area (Å²) in [5.74, 6) is -0.361. The van der Waals surface area contributed by atoms with Crippen LogP contribution in [0.15, 0.2) is 30.5 Å². The van der Waals surface area contributed by atoms with E-state index in [4.69, 9.17) is 0 Å². The van der Waals surface area contributed by atoms with Crippen LogP contribution in [0.4, 0.5) is 8.78 Å². The van der Waals surface area contributed by atoms with E-state index < -0.39 is 12.1 Å². The molecule has 3 rings (SSSR count). The van der Waals surface area contributed by atoms with Gasteiger partial charge in [0.05, 0.1) is 5.56 Å². The normalized spacial score (nSPS) is 14.7. The van der Waals surface area contributed by atoms with E-state index in [1.165, 1.54) is 16.4 Å². The Hall–Kier alpha value is -2.24. The van der Waals surface area contributed by atoms with E-state index in [-0.39, 0.29) is 22.9 Å². The molecule has 0 saturated heterocycles. The number of rotatable bonds is 5. The van der Waals surface area contributed by atoms with E-state index in [1.54, 1.807) is 11.9 Å². The third kappa shape index (κ3) is 3.79. The number of hydrogen-bond acceptors (Lipinski definition) is 2. The molecule has 1 aliphatic rings. The first-order valence-corrected chi connectivity index (χ1v) is 8.89. The second-order valence-corrected chi connectivity index (χ2v) is 7.97. The van der Waals surface area contributed by atoms with Gasteiger partial charge in [-0.2, -0.15) is 5.10 Å². The third-order valence-electron chi connectivity index (χ3n) is 4.71. The lowest BCUT2D eigenvalue weighted by Gasteiger charge is -2.28. The van der Waals surface area contributed by atoms with Gasteiger partial charge >= 0.3 is 0 Å². The van der Waals surface area contributed by atoms with Crippen molar-refractivity contribution in [3.8, 4) is 0 Å². The summed E-state index contributed by atoms with van der Waals surface area (Å²) in [6, 6.07) is 8.14. The maximum atomic E-state index is 13.3. The molecule has 0 unspecified atom stereocenters. The second kappa shape index (κ2) is 6.82. The lowest BCUT2D eigenvalue weighted by atomic mass is 9.83. The Morgan fingerprint density at radius 3 is 2.54 bits per heavy atom. The van der Waals surface area contributed by atoms with Crippen LogP contribution in [0.3, 0.4) is 0 Å². The molecule has 26 heavy (non-hydrogen) atoms. The maximum absolute atomic E-state index is 13.3. The van der Waals surface area contributed by atoms with Crippen molar-refractivity contribution in [2.75, 3.05) is 0 Å². The number of aromatic nitrogens is 2. The molecule has 1 heterocycles. The van der Waals surface area contributed by atoms with Crippen molar-refractivity contribution < 1.29 is 13.6 Å². The van der Waals surface area contributed by atoms with E-state index >= 15 is 0 Å². The van der Waals surface area contributed by atoms with Crippen LogP contribution in [0.2, 0.25) is 0 Å². The first-order chi connectivity index (χ1) is 12.2. The topological polar surface area (TPSA) is 38.1 Å². The zero-order valence-corrected chi connectivity index (χ0v) is 15.7. The van der Waals surface area contributed by atoms with Gasteiger partial charge in [0.2, 0.25) is 0 Å². The van der Waals surface area contributed by atoms with Gasteiger partial charge in [0, 0.05) is 25.8 Å². The van der Waals surface area contributed by atoms with Crippen LogP contribution in [0, 0.1) is 0 Å². The van der Waals surface area contributed by atoms with Crippen LogP contribution in [-0.4, -0.2) is 26.6 Å². The first kappa shape index (κ1) is 18.5. The maximum Gasteiger partial charge on any atom is 0.282 e. The molecule has 0 bridgehead atoms. The van der Waals surface area contributed by atoms with Crippen molar-refractivity contribution in [2.45, 2.75) is 58.0 Å². The van der Waals surface area contributed by atoms with Crippen molar-refractivity contribution in [1.82, 2.24) is 14.7 Å². The predicted molar refractivity (Wildman–Crippen MR) is 96.2 cm³/mol. The predicted octanol–water partition coefficient (Wildman–Crippen LogP) is 4.46. The Bertz CT molecular complexity index is 804. The molecule has 4 nitrogen and oxygen atoms in total. The highest BCUT2D eigenvalue weighted by atomic mass is 19.3. The third-order valence-corrected chi connectivity index (χ3v) is 4.71. The van der Waals surface area contributed by atoms with Crippen LogP contribution >= 0.6 is 0 Å². The fourth-order valence-electron chi connectivity index (χ4n) is 3.31. The fraction of sp³-hybridized carbons (Fsp3) is 0.500. The van der Waals surface area contributed by atoms with Gasteiger partial charge in [0.15, 0.2) is 0 Å². The molecule has 0 N–H and O–H groups in total. The molecule has 0 aliphatic heterocycles. The Labute approximate surface area is 152 Å². The van der Waals surface area contributed by atoms with Crippen molar-refractivity contribution in [3.63, 3.8) is 0 Å². The molecule has 140 valence electrons. The molecule has 1 aromatic heterocycles. The first-order valence-electron chi connectivity index (χ1n) is 8.89. The number of nitrogens with zero attached hydrogens (tertiary/aromatic N) is 3. The summed E-state index contributed by atoms with van der Waals surface area (Å²) in [6.07, 6.45) is 0.453. The molecule has 2 aromatic rings. The number of carbonyl (C=O) groups excluding carboxylic acids is 1. The van der Waals surface area contributed by atoms with Gasteiger partial charge in [-0.15, -0.1) is 0 Å². The summed E-state index contributed by atoms with van der Waals surface area (Å²) in [4.78, 5) is 14.8. The number of aryl methyl sites for hydroxylation is 1. The Morgan fingerprint density at radius 2 is 1.96 bits per heavy atom. The molecule has 1 fully saturated rings. The summed E-state index contributed by atoms with van der Waals surface area (Å²) in [6.45, 7) is 6.82. The Kier molecular flexibility index (Phi) is 4.86. The monoisotopic (exact) mass is 361 g/mol. The zero-order valence-electron chi connectivity index (χ0n) is 15.7. The molecular formula is C20H25F2N3O. The lowest BCUT2D eigenvalue weighted by Crippen LogP contribution is -2.34. The van der Waals surface area contributed by atoms with Crippen molar-refractivity contribution in [1.29, 1.82) is 0 Å². The van der Waals surface area contributed by atoms with Crippen molar-refractivity contribution in [2.24, 2.45) is 7.05 Å². The molecule has 1 aromatic carbocycles. The smallest absolute Gasteiger partial charge is 0.282 e. The van der Waals surface area contributed by atoms with Crippen LogP contribution in [0.1, 0.15) is 67.2 Å². The largest absolute Gasteiger partial charge is 0.331 e. The van der Waals surface area contributed by atoms with Gasteiger partial charge in [-0.25, -0.2) is 8.78 Å². The average Bonchev–Trinajstić information content (AvgIpc) is 3.32. The number of hydrogen-bond donors (Lipinski definition) is 0. The minimum Gasteiger partial charge on any atom is -0.331 e. The van der Waals surface area contributed by atoms with Gasteiger partial charge in [0.25, 0.3) is 12.3 Å². The van der Waals surface area contributed by atoms with Gasteiger partial charge in [-0.05, 0) is 29.4 Å². The molecule has 0 atom stereocenters.